The molecule has 0 aromatic heterocycles. The van der Waals surface area contributed by atoms with Gasteiger partial charge in [0.05, 0.1) is 14.9 Å². The van der Waals surface area contributed by atoms with Crippen LogP contribution >= 0.6 is 23.2 Å². The number of para-hydroxylation sites is 1. The number of anilines is 2. The maximum atomic E-state index is 12.6. The Kier molecular flexibility index (Phi) is 6.47. The zero-order chi connectivity index (χ0) is 21.0. The van der Waals surface area contributed by atoms with Crippen molar-refractivity contribution in [2.45, 2.75) is 18.2 Å². The van der Waals surface area contributed by atoms with Gasteiger partial charge in [-0.2, -0.15) is 0 Å². The number of carbonyl (C=O) groups excluding carboxylic acids is 1. The van der Waals surface area contributed by atoms with E-state index in [0.717, 1.165) is 17.7 Å². The summed E-state index contributed by atoms with van der Waals surface area (Å²) in [6.45, 7) is 2.00. The highest BCUT2D eigenvalue weighted by molar-refractivity contribution is 7.92. The van der Waals surface area contributed by atoms with Crippen molar-refractivity contribution < 1.29 is 13.2 Å². The summed E-state index contributed by atoms with van der Waals surface area (Å²) < 4.78 is 27.7. The molecule has 2 N–H and O–H groups in total. The van der Waals surface area contributed by atoms with Gasteiger partial charge in [-0.3, -0.25) is 9.52 Å². The number of rotatable bonds is 6. The summed E-state index contributed by atoms with van der Waals surface area (Å²) in [6.07, 6.45) is 0.778. The van der Waals surface area contributed by atoms with Crippen LogP contribution in [0.25, 0.3) is 0 Å². The summed E-state index contributed by atoms with van der Waals surface area (Å²) in [4.78, 5) is 12.6. The van der Waals surface area contributed by atoms with E-state index < -0.39 is 10.0 Å². The number of halogens is 2. The number of aryl methyl sites for hydroxylation is 1. The molecule has 0 atom stereocenters. The number of carbonyl (C=O) groups is 1. The van der Waals surface area contributed by atoms with Crippen molar-refractivity contribution in [3.05, 3.63) is 87.9 Å². The lowest BCUT2D eigenvalue weighted by atomic mass is 10.1. The molecule has 1 amide bonds. The van der Waals surface area contributed by atoms with E-state index in [9.17, 15) is 13.2 Å². The molecule has 29 heavy (non-hydrogen) atoms. The predicted octanol–water partition coefficient (Wildman–Crippen LogP) is 5.61. The minimum absolute atomic E-state index is 0.0290. The van der Waals surface area contributed by atoms with Crippen LogP contribution < -0.4 is 10.0 Å². The Balaban J connectivity index is 1.82. The number of hydrogen-bond donors (Lipinski definition) is 2. The van der Waals surface area contributed by atoms with Crippen LogP contribution in [-0.4, -0.2) is 14.3 Å². The van der Waals surface area contributed by atoms with E-state index in [0.29, 0.717) is 5.56 Å². The Morgan fingerprint density at radius 3 is 2.41 bits per heavy atom. The lowest BCUT2D eigenvalue weighted by Crippen LogP contribution is -2.15. The first-order valence-electron chi connectivity index (χ1n) is 8.77. The van der Waals surface area contributed by atoms with Crippen LogP contribution in [0.1, 0.15) is 22.8 Å². The lowest BCUT2D eigenvalue weighted by molar-refractivity contribution is 0.102. The molecule has 3 rings (SSSR count). The zero-order valence-corrected chi connectivity index (χ0v) is 17.8. The molecule has 8 heteroatoms. The van der Waals surface area contributed by atoms with E-state index in [2.05, 4.69) is 10.0 Å². The van der Waals surface area contributed by atoms with Crippen LogP contribution in [0.3, 0.4) is 0 Å². The quantitative estimate of drug-likeness (QED) is 0.514. The van der Waals surface area contributed by atoms with Crippen molar-refractivity contribution in [2.75, 3.05) is 10.0 Å². The Morgan fingerprint density at radius 2 is 1.69 bits per heavy atom. The number of hydrogen-bond acceptors (Lipinski definition) is 3. The minimum atomic E-state index is -3.89. The molecular weight excluding hydrogens is 431 g/mol. The van der Waals surface area contributed by atoms with E-state index in [1.54, 1.807) is 18.2 Å². The molecule has 0 spiro atoms. The third kappa shape index (κ3) is 5.09. The van der Waals surface area contributed by atoms with Crippen LogP contribution in [0.15, 0.2) is 71.6 Å². The third-order valence-corrected chi connectivity index (χ3v) is 6.34. The molecular formula is C21H18Cl2N2O3S. The Hall–Kier alpha value is -2.54. The van der Waals surface area contributed by atoms with Gasteiger partial charge in [0.25, 0.3) is 15.9 Å². The predicted molar refractivity (Wildman–Crippen MR) is 117 cm³/mol. The molecule has 150 valence electrons. The summed E-state index contributed by atoms with van der Waals surface area (Å²) in [5, 5.41) is 3.26. The van der Waals surface area contributed by atoms with Crippen LogP contribution in [-0.2, 0) is 16.4 Å². The fraction of sp³-hybridized carbons (Fsp3) is 0.0952. The van der Waals surface area contributed by atoms with Gasteiger partial charge in [0.2, 0.25) is 0 Å². The fourth-order valence-corrected chi connectivity index (χ4v) is 4.17. The van der Waals surface area contributed by atoms with Gasteiger partial charge < -0.3 is 5.32 Å². The first kappa shape index (κ1) is 21.2. The maximum Gasteiger partial charge on any atom is 0.261 e. The SMILES string of the molecule is CCc1ccccc1NC(=O)c1cccc(NS(=O)(=O)c2ccc(Cl)c(Cl)c2)c1. The van der Waals surface area contributed by atoms with E-state index in [1.807, 2.05) is 31.2 Å². The van der Waals surface area contributed by atoms with Gasteiger partial charge in [-0.15, -0.1) is 0 Å². The summed E-state index contributed by atoms with van der Waals surface area (Å²) in [7, 11) is -3.89. The second-order valence-electron chi connectivity index (χ2n) is 6.23. The summed E-state index contributed by atoms with van der Waals surface area (Å²) in [5.74, 6) is -0.332. The highest BCUT2D eigenvalue weighted by atomic mass is 35.5. The van der Waals surface area contributed by atoms with Gasteiger partial charge in [-0.05, 0) is 54.4 Å². The van der Waals surface area contributed by atoms with E-state index in [1.165, 1.54) is 24.3 Å². The topological polar surface area (TPSA) is 75.3 Å². The van der Waals surface area contributed by atoms with Crippen molar-refractivity contribution >= 4 is 50.5 Å². The summed E-state index contributed by atoms with van der Waals surface area (Å²) >= 11 is 11.8. The highest BCUT2D eigenvalue weighted by Crippen LogP contribution is 2.26. The summed E-state index contributed by atoms with van der Waals surface area (Å²) in [6, 6.07) is 17.8. The zero-order valence-electron chi connectivity index (χ0n) is 15.4. The molecule has 0 heterocycles. The van der Waals surface area contributed by atoms with Gasteiger partial charge in [0, 0.05) is 16.9 Å². The number of amides is 1. The van der Waals surface area contributed by atoms with Crippen molar-refractivity contribution in [1.29, 1.82) is 0 Å². The summed E-state index contributed by atoms with van der Waals surface area (Å²) in [5.41, 5.74) is 2.32. The molecule has 5 nitrogen and oxygen atoms in total. The molecule has 0 aliphatic heterocycles. The van der Waals surface area contributed by atoms with Crippen LogP contribution in [0.5, 0.6) is 0 Å². The smallest absolute Gasteiger partial charge is 0.261 e. The van der Waals surface area contributed by atoms with Gasteiger partial charge in [0.1, 0.15) is 0 Å². The van der Waals surface area contributed by atoms with Gasteiger partial charge in [0.15, 0.2) is 0 Å². The van der Waals surface area contributed by atoms with Crippen molar-refractivity contribution in [3.63, 3.8) is 0 Å². The maximum absolute atomic E-state index is 12.6. The van der Waals surface area contributed by atoms with Crippen LogP contribution in [0.4, 0.5) is 11.4 Å². The fourth-order valence-electron chi connectivity index (χ4n) is 2.73. The van der Waals surface area contributed by atoms with Crippen LogP contribution in [0, 0.1) is 0 Å². The first-order valence-corrected chi connectivity index (χ1v) is 11.0. The van der Waals surface area contributed by atoms with Crippen molar-refractivity contribution in [1.82, 2.24) is 0 Å². The molecule has 0 unspecified atom stereocenters. The number of nitrogens with one attached hydrogen (secondary N) is 2. The van der Waals surface area contributed by atoms with Gasteiger partial charge in [-0.25, -0.2) is 8.42 Å². The Labute approximate surface area is 179 Å². The van der Waals surface area contributed by atoms with Gasteiger partial charge >= 0.3 is 0 Å². The molecule has 0 saturated heterocycles. The molecule has 3 aromatic carbocycles. The lowest BCUT2D eigenvalue weighted by Gasteiger charge is -2.12. The molecule has 0 radical (unpaired) electrons. The second kappa shape index (κ2) is 8.86. The molecule has 3 aromatic rings. The number of benzene rings is 3. The Morgan fingerprint density at radius 1 is 0.931 bits per heavy atom. The monoisotopic (exact) mass is 448 g/mol. The largest absolute Gasteiger partial charge is 0.322 e. The Bertz CT molecular complexity index is 1160. The second-order valence-corrected chi connectivity index (χ2v) is 8.72. The van der Waals surface area contributed by atoms with E-state index in [4.69, 9.17) is 23.2 Å². The molecule has 0 aliphatic carbocycles. The van der Waals surface area contributed by atoms with E-state index in [-0.39, 0.29) is 26.5 Å². The molecule has 0 fully saturated rings. The van der Waals surface area contributed by atoms with Crippen LogP contribution in [0.2, 0.25) is 10.0 Å². The van der Waals surface area contributed by atoms with Crippen molar-refractivity contribution in [3.8, 4) is 0 Å². The van der Waals surface area contributed by atoms with Gasteiger partial charge in [-0.1, -0.05) is 54.4 Å². The average Bonchev–Trinajstić information content (AvgIpc) is 2.70. The molecule has 0 saturated carbocycles. The number of sulfonamides is 1. The molecule has 0 bridgehead atoms. The standard InChI is InChI=1S/C21H18Cl2N2O3S/c1-2-14-6-3-4-9-20(14)24-21(26)15-7-5-8-16(12-15)25-29(27,28)17-10-11-18(22)19(23)13-17/h3-13,25H,2H2,1H3,(H,24,26). The third-order valence-electron chi connectivity index (χ3n) is 4.22. The first-order chi connectivity index (χ1) is 13.8. The minimum Gasteiger partial charge on any atom is -0.322 e. The molecule has 0 aliphatic rings. The normalized spacial score (nSPS) is 11.1. The average molecular weight is 449 g/mol. The highest BCUT2D eigenvalue weighted by Gasteiger charge is 2.17. The van der Waals surface area contributed by atoms with Crippen molar-refractivity contribution in [2.24, 2.45) is 0 Å². The van der Waals surface area contributed by atoms with E-state index >= 15 is 0 Å².